The van der Waals surface area contributed by atoms with E-state index in [9.17, 15) is 0 Å². The van der Waals surface area contributed by atoms with E-state index in [4.69, 9.17) is 5.73 Å². The predicted molar refractivity (Wildman–Crippen MR) is 78.0 cm³/mol. The van der Waals surface area contributed by atoms with E-state index in [2.05, 4.69) is 42.7 Å². The fourth-order valence-corrected chi connectivity index (χ4v) is 2.18. The molecule has 0 aromatic heterocycles. The van der Waals surface area contributed by atoms with Crippen LogP contribution in [0.15, 0.2) is 53.4 Å². The Morgan fingerprint density at radius 2 is 1.65 bits per heavy atom. The highest BCUT2D eigenvalue weighted by atomic mass is 32.2. The maximum atomic E-state index is 5.65. The number of hydrogen-bond acceptors (Lipinski definition) is 2. The Morgan fingerprint density at radius 3 is 2.35 bits per heavy atom. The van der Waals surface area contributed by atoms with Gasteiger partial charge in [-0.3, -0.25) is 0 Å². The molecule has 2 N–H and O–H groups in total. The SMILES string of the molecule is CSc1ccccc1/C=C/c1ccc(N)cc1. The minimum atomic E-state index is 0.798. The van der Waals surface area contributed by atoms with Crippen LogP contribution in [-0.4, -0.2) is 6.26 Å². The van der Waals surface area contributed by atoms with E-state index in [-0.39, 0.29) is 0 Å². The van der Waals surface area contributed by atoms with E-state index < -0.39 is 0 Å². The molecule has 2 heteroatoms. The molecule has 0 bridgehead atoms. The topological polar surface area (TPSA) is 26.0 Å². The summed E-state index contributed by atoms with van der Waals surface area (Å²) >= 11 is 1.76. The molecule has 0 aliphatic heterocycles. The van der Waals surface area contributed by atoms with Crippen molar-refractivity contribution in [2.45, 2.75) is 4.90 Å². The van der Waals surface area contributed by atoms with Crippen molar-refractivity contribution in [3.05, 3.63) is 59.7 Å². The fourth-order valence-electron chi connectivity index (χ4n) is 1.60. The third-order valence-electron chi connectivity index (χ3n) is 2.53. The lowest BCUT2D eigenvalue weighted by molar-refractivity contribution is 1.43. The van der Waals surface area contributed by atoms with Crippen LogP contribution in [0.2, 0.25) is 0 Å². The summed E-state index contributed by atoms with van der Waals surface area (Å²) in [6.07, 6.45) is 6.34. The first-order chi connectivity index (χ1) is 8.29. The molecule has 0 fully saturated rings. The van der Waals surface area contributed by atoms with Crippen LogP contribution in [0.4, 0.5) is 5.69 Å². The lowest BCUT2D eigenvalue weighted by Gasteiger charge is -2.01. The highest BCUT2D eigenvalue weighted by molar-refractivity contribution is 7.98. The van der Waals surface area contributed by atoms with Crippen molar-refractivity contribution in [1.82, 2.24) is 0 Å². The first-order valence-corrected chi connectivity index (χ1v) is 6.69. The fraction of sp³-hybridized carbons (Fsp3) is 0.0667. The number of nitrogen functional groups attached to an aromatic ring is 1. The summed E-state index contributed by atoms with van der Waals surface area (Å²) < 4.78 is 0. The summed E-state index contributed by atoms with van der Waals surface area (Å²) in [6, 6.07) is 16.3. The maximum absolute atomic E-state index is 5.65. The van der Waals surface area contributed by atoms with Crippen molar-refractivity contribution in [2.24, 2.45) is 0 Å². The predicted octanol–water partition coefficient (Wildman–Crippen LogP) is 4.16. The van der Waals surface area contributed by atoms with Crippen LogP contribution in [0.25, 0.3) is 12.2 Å². The van der Waals surface area contributed by atoms with Crippen molar-refractivity contribution in [3.8, 4) is 0 Å². The molecule has 0 heterocycles. The molecule has 2 aromatic rings. The molecule has 0 amide bonds. The summed E-state index contributed by atoms with van der Waals surface area (Å²) in [4.78, 5) is 1.29. The van der Waals surface area contributed by atoms with Crippen molar-refractivity contribution < 1.29 is 0 Å². The highest BCUT2D eigenvalue weighted by Crippen LogP contribution is 2.22. The lowest BCUT2D eigenvalue weighted by atomic mass is 10.1. The van der Waals surface area contributed by atoms with Crippen LogP contribution in [-0.2, 0) is 0 Å². The molecular formula is C15H15NS. The van der Waals surface area contributed by atoms with Crippen LogP contribution >= 0.6 is 11.8 Å². The van der Waals surface area contributed by atoms with Gasteiger partial charge in [0, 0.05) is 10.6 Å². The van der Waals surface area contributed by atoms with Crippen LogP contribution in [0.5, 0.6) is 0 Å². The highest BCUT2D eigenvalue weighted by Gasteiger charge is 1.95. The zero-order valence-corrected chi connectivity index (χ0v) is 10.6. The molecule has 2 rings (SSSR count). The van der Waals surface area contributed by atoms with Gasteiger partial charge in [0.05, 0.1) is 0 Å². The monoisotopic (exact) mass is 241 g/mol. The second kappa shape index (κ2) is 5.60. The van der Waals surface area contributed by atoms with Gasteiger partial charge in [-0.15, -0.1) is 11.8 Å². The number of nitrogens with two attached hydrogens (primary N) is 1. The molecule has 0 aliphatic carbocycles. The average Bonchev–Trinajstić information content (AvgIpc) is 2.38. The number of thioether (sulfide) groups is 1. The molecular weight excluding hydrogens is 226 g/mol. The van der Waals surface area contributed by atoms with E-state index in [1.54, 1.807) is 11.8 Å². The zero-order valence-electron chi connectivity index (χ0n) is 9.76. The second-order valence-corrected chi connectivity index (χ2v) is 4.59. The molecule has 0 radical (unpaired) electrons. The minimum absolute atomic E-state index is 0.798. The average molecular weight is 241 g/mol. The van der Waals surface area contributed by atoms with Crippen LogP contribution in [0, 0.1) is 0 Å². The third-order valence-corrected chi connectivity index (χ3v) is 3.34. The molecule has 2 aromatic carbocycles. The Balaban J connectivity index is 2.22. The van der Waals surface area contributed by atoms with Crippen molar-refractivity contribution in [1.29, 1.82) is 0 Å². The van der Waals surface area contributed by atoms with Crippen molar-refractivity contribution in [2.75, 3.05) is 12.0 Å². The first kappa shape index (κ1) is 11.8. The Kier molecular flexibility index (Phi) is 3.89. The van der Waals surface area contributed by atoms with E-state index in [0.717, 1.165) is 11.3 Å². The summed E-state index contributed by atoms with van der Waals surface area (Å²) in [5.74, 6) is 0. The number of hydrogen-bond donors (Lipinski definition) is 1. The summed E-state index contributed by atoms with van der Waals surface area (Å²) in [5, 5.41) is 0. The van der Waals surface area contributed by atoms with E-state index in [1.165, 1.54) is 10.5 Å². The quantitative estimate of drug-likeness (QED) is 0.496. The molecule has 0 atom stereocenters. The Hall–Kier alpha value is -1.67. The van der Waals surface area contributed by atoms with Crippen LogP contribution in [0.1, 0.15) is 11.1 Å². The molecule has 0 aliphatic rings. The second-order valence-electron chi connectivity index (χ2n) is 3.74. The van der Waals surface area contributed by atoms with Gasteiger partial charge in [-0.25, -0.2) is 0 Å². The van der Waals surface area contributed by atoms with Gasteiger partial charge in [0.15, 0.2) is 0 Å². The smallest absolute Gasteiger partial charge is 0.0314 e. The van der Waals surface area contributed by atoms with E-state index in [0.29, 0.717) is 0 Å². The van der Waals surface area contributed by atoms with Gasteiger partial charge in [0.2, 0.25) is 0 Å². The van der Waals surface area contributed by atoms with Gasteiger partial charge in [0.1, 0.15) is 0 Å². The van der Waals surface area contributed by atoms with Gasteiger partial charge in [-0.2, -0.15) is 0 Å². The van der Waals surface area contributed by atoms with Gasteiger partial charge < -0.3 is 5.73 Å². The van der Waals surface area contributed by atoms with Crippen LogP contribution in [0.3, 0.4) is 0 Å². The molecule has 86 valence electrons. The summed E-state index contributed by atoms with van der Waals surface area (Å²) in [7, 11) is 0. The Morgan fingerprint density at radius 1 is 0.941 bits per heavy atom. The zero-order chi connectivity index (χ0) is 12.1. The summed E-state index contributed by atoms with van der Waals surface area (Å²) in [6.45, 7) is 0. The lowest BCUT2D eigenvalue weighted by Crippen LogP contribution is -1.82. The van der Waals surface area contributed by atoms with Crippen molar-refractivity contribution in [3.63, 3.8) is 0 Å². The van der Waals surface area contributed by atoms with E-state index >= 15 is 0 Å². The third kappa shape index (κ3) is 3.14. The normalized spacial score (nSPS) is 10.9. The van der Waals surface area contributed by atoms with E-state index in [1.807, 2.05) is 24.3 Å². The number of benzene rings is 2. The molecule has 0 saturated heterocycles. The molecule has 0 unspecified atom stereocenters. The van der Waals surface area contributed by atoms with Crippen molar-refractivity contribution >= 4 is 29.6 Å². The minimum Gasteiger partial charge on any atom is -0.399 e. The first-order valence-electron chi connectivity index (χ1n) is 5.46. The molecule has 1 nitrogen and oxygen atoms in total. The van der Waals surface area contributed by atoms with Crippen LogP contribution < -0.4 is 5.73 Å². The number of rotatable bonds is 3. The van der Waals surface area contributed by atoms with Gasteiger partial charge >= 0.3 is 0 Å². The summed E-state index contributed by atoms with van der Waals surface area (Å²) in [5.41, 5.74) is 8.86. The maximum Gasteiger partial charge on any atom is 0.0314 e. The molecule has 0 spiro atoms. The Bertz CT molecular complexity index is 515. The number of anilines is 1. The Labute approximate surface area is 106 Å². The largest absolute Gasteiger partial charge is 0.399 e. The molecule has 17 heavy (non-hydrogen) atoms. The van der Waals surface area contributed by atoms with Gasteiger partial charge in [-0.05, 0) is 35.6 Å². The molecule has 0 saturated carbocycles. The van der Waals surface area contributed by atoms with Gasteiger partial charge in [-0.1, -0.05) is 42.5 Å². The van der Waals surface area contributed by atoms with Gasteiger partial charge in [0.25, 0.3) is 0 Å². The standard InChI is InChI=1S/C15H15NS/c1-17-15-5-3-2-4-13(15)9-6-12-7-10-14(16)11-8-12/h2-11H,16H2,1H3/b9-6+.